The number of hydrogen-bond donors (Lipinski definition) is 0. The average Bonchev–Trinajstić information content (AvgIpc) is 2.78. The molecule has 1 fully saturated rings. The van der Waals surface area contributed by atoms with E-state index in [9.17, 15) is 26.3 Å². The van der Waals surface area contributed by atoms with E-state index in [1.165, 1.54) is 31.4 Å². The summed E-state index contributed by atoms with van der Waals surface area (Å²) in [4.78, 5) is 0. The maximum atomic E-state index is 14.9. The first-order chi connectivity index (χ1) is 15.3. The highest BCUT2D eigenvalue weighted by Gasteiger charge is 2.27. The van der Waals surface area contributed by atoms with Crippen molar-refractivity contribution >= 4 is 0 Å². The quantitative estimate of drug-likeness (QED) is 0.271. The third-order valence-corrected chi connectivity index (χ3v) is 6.32. The molecule has 0 unspecified atom stereocenters. The molecule has 2 aromatic carbocycles. The Hall–Kier alpha value is -2.18. The lowest BCUT2D eigenvalue weighted by Crippen LogP contribution is -2.15. The molecule has 0 aliphatic heterocycles. The SMILES string of the molecule is CCCCCC1CCC(c2ccc(-c3ccc(OCC(F)F)c(F)c3F)c(F)c2F)CC1. The first kappa shape index (κ1) is 24.5. The van der Waals surface area contributed by atoms with Crippen molar-refractivity contribution in [1.29, 1.82) is 0 Å². The fraction of sp³-hybridized carbons (Fsp3) is 0.520. The number of hydrogen-bond acceptors (Lipinski definition) is 1. The Kier molecular flexibility index (Phi) is 8.49. The van der Waals surface area contributed by atoms with Crippen molar-refractivity contribution in [2.24, 2.45) is 5.92 Å². The Morgan fingerprint density at radius 2 is 1.44 bits per heavy atom. The molecule has 1 nitrogen and oxygen atoms in total. The molecule has 1 saturated carbocycles. The number of halogens is 6. The van der Waals surface area contributed by atoms with E-state index in [4.69, 9.17) is 0 Å². The summed E-state index contributed by atoms with van der Waals surface area (Å²) >= 11 is 0. The van der Waals surface area contributed by atoms with E-state index in [2.05, 4.69) is 11.7 Å². The molecule has 0 amide bonds. The fourth-order valence-corrected chi connectivity index (χ4v) is 4.54. The fourth-order valence-electron chi connectivity index (χ4n) is 4.54. The van der Waals surface area contributed by atoms with E-state index in [-0.39, 0.29) is 11.5 Å². The third-order valence-electron chi connectivity index (χ3n) is 6.32. The molecule has 0 spiro atoms. The highest BCUT2D eigenvalue weighted by atomic mass is 19.3. The average molecular weight is 458 g/mol. The normalized spacial score (nSPS) is 18.9. The first-order valence-corrected chi connectivity index (χ1v) is 11.2. The van der Waals surface area contributed by atoms with Crippen LogP contribution in [0, 0.1) is 29.2 Å². The van der Waals surface area contributed by atoms with E-state index in [0.29, 0.717) is 5.92 Å². The zero-order valence-electron chi connectivity index (χ0n) is 18.1. The van der Waals surface area contributed by atoms with Crippen molar-refractivity contribution in [3.05, 3.63) is 53.1 Å². The van der Waals surface area contributed by atoms with Crippen LogP contribution in [0.4, 0.5) is 26.3 Å². The van der Waals surface area contributed by atoms with Gasteiger partial charge in [0.1, 0.15) is 6.61 Å². The molecule has 176 valence electrons. The van der Waals surface area contributed by atoms with Crippen LogP contribution >= 0.6 is 0 Å². The van der Waals surface area contributed by atoms with Gasteiger partial charge in [-0.2, -0.15) is 4.39 Å². The molecule has 32 heavy (non-hydrogen) atoms. The predicted octanol–water partition coefficient (Wildman–Crippen LogP) is 8.41. The van der Waals surface area contributed by atoms with Gasteiger partial charge in [-0.25, -0.2) is 22.0 Å². The lowest BCUT2D eigenvalue weighted by molar-refractivity contribution is 0.0795. The number of unbranched alkanes of at least 4 members (excludes halogenated alkanes) is 2. The van der Waals surface area contributed by atoms with Crippen molar-refractivity contribution in [3.8, 4) is 16.9 Å². The standard InChI is InChI=1S/C25H28F6O/c1-2-3-4-5-15-6-8-16(9-7-15)17-10-11-18(23(29)22(17)28)19-12-13-20(25(31)24(19)30)32-14-21(26)27/h10-13,15-16,21H,2-9,14H2,1H3. The Balaban J connectivity index is 1.76. The number of alkyl halides is 2. The Morgan fingerprint density at radius 1 is 0.812 bits per heavy atom. The minimum atomic E-state index is -2.86. The third kappa shape index (κ3) is 5.59. The number of rotatable bonds is 9. The molecule has 0 aromatic heterocycles. The Morgan fingerprint density at radius 3 is 2.06 bits per heavy atom. The van der Waals surface area contributed by atoms with Crippen molar-refractivity contribution < 1.29 is 31.1 Å². The van der Waals surface area contributed by atoms with Crippen LogP contribution in [-0.2, 0) is 0 Å². The molecule has 2 aromatic rings. The van der Waals surface area contributed by atoms with Gasteiger partial charge in [-0.3, -0.25) is 0 Å². The summed E-state index contributed by atoms with van der Waals surface area (Å²) in [5.41, 5.74) is -0.651. The molecule has 7 heteroatoms. The van der Waals surface area contributed by atoms with Crippen LogP contribution in [0.1, 0.15) is 69.8 Å². The second-order valence-corrected chi connectivity index (χ2v) is 8.49. The minimum absolute atomic E-state index is 0.104. The summed E-state index contributed by atoms with van der Waals surface area (Å²) in [5.74, 6) is -5.48. The second kappa shape index (κ2) is 11.1. The zero-order valence-corrected chi connectivity index (χ0v) is 18.1. The van der Waals surface area contributed by atoms with E-state index >= 15 is 0 Å². The van der Waals surface area contributed by atoms with E-state index in [1.54, 1.807) is 0 Å². The number of benzene rings is 2. The van der Waals surface area contributed by atoms with Crippen LogP contribution in [0.25, 0.3) is 11.1 Å². The van der Waals surface area contributed by atoms with Crippen LogP contribution in [-0.4, -0.2) is 13.0 Å². The molecule has 3 rings (SSSR count). The maximum Gasteiger partial charge on any atom is 0.272 e. The van der Waals surface area contributed by atoms with Gasteiger partial charge in [0.2, 0.25) is 5.82 Å². The lowest BCUT2D eigenvalue weighted by Gasteiger charge is -2.29. The van der Waals surface area contributed by atoms with Gasteiger partial charge in [-0.1, -0.05) is 44.7 Å². The zero-order chi connectivity index (χ0) is 23.3. The molecule has 0 atom stereocenters. The molecule has 0 heterocycles. The van der Waals surface area contributed by atoms with Gasteiger partial charge in [0.15, 0.2) is 23.2 Å². The lowest BCUT2D eigenvalue weighted by atomic mass is 9.76. The van der Waals surface area contributed by atoms with Gasteiger partial charge in [0, 0.05) is 11.1 Å². The smallest absolute Gasteiger partial charge is 0.272 e. The monoisotopic (exact) mass is 458 g/mol. The highest BCUT2D eigenvalue weighted by molar-refractivity contribution is 5.66. The highest BCUT2D eigenvalue weighted by Crippen LogP contribution is 2.41. The van der Waals surface area contributed by atoms with Gasteiger partial charge in [0.25, 0.3) is 6.43 Å². The van der Waals surface area contributed by atoms with Gasteiger partial charge in [0.05, 0.1) is 0 Å². The van der Waals surface area contributed by atoms with Crippen LogP contribution in [0.15, 0.2) is 24.3 Å². The van der Waals surface area contributed by atoms with Crippen LogP contribution in [0.3, 0.4) is 0 Å². The summed E-state index contributed by atoms with van der Waals surface area (Å²) < 4.78 is 87.4. The van der Waals surface area contributed by atoms with E-state index in [1.807, 2.05) is 0 Å². The molecule has 1 aliphatic carbocycles. The van der Waals surface area contributed by atoms with Gasteiger partial charge < -0.3 is 4.74 Å². The molecule has 0 N–H and O–H groups in total. The largest absolute Gasteiger partial charge is 0.484 e. The van der Waals surface area contributed by atoms with E-state index < -0.39 is 53.2 Å². The Bertz CT molecular complexity index is 906. The van der Waals surface area contributed by atoms with Crippen molar-refractivity contribution in [3.63, 3.8) is 0 Å². The van der Waals surface area contributed by atoms with Gasteiger partial charge in [-0.15, -0.1) is 0 Å². The molecular formula is C25H28F6O. The summed E-state index contributed by atoms with van der Waals surface area (Å²) in [7, 11) is 0. The summed E-state index contributed by atoms with van der Waals surface area (Å²) in [6, 6.07) is 4.62. The topological polar surface area (TPSA) is 9.23 Å². The van der Waals surface area contributed by atoms with Gasteiger partial charge >= 0.3 is 0 Å². The van der Waals surface area contributed by atoms with Crippen molar-refractivity contribution in [1.82, 2.24) is 0 Å². The van der Waals surface area contributed by atoms with Crippen LogP contribution in [0.5, 0.6) is 5.75 Å². The Labute approximate surface area is 184 Å². The van der Waals surface area contributed by atoms with E-state index in [0.717, 1.165) is 44.2 Å². The molecule has 0 bridgehead atoms. The summed E-state index contributed by atoms with van der Waals surface area (Å²) in [6.45, 7) is 1.06. The van der Waals surface area contributed by atoms with Crippen molar-refractivity contribution in [2.75, 3.05) is 6.61 Å². The molecule has 0 radical (unpaired) electrons. The maximum absolute atomic E-state index is 14.9. The molecular weight excluding hydrogens is 430 g/mol. The number of ether oxygens (including phenoxy) is 1. The predicted molar refractivity (Wildman–Crippen MR) is 112 cm³/mol. The second-order valence-electron chi connectivity index (χ2n) is 8.49. The minimum Gasteiger partial charge on any atom is -0.484 e. The van der Waals surface area contributed by atoms with Crippen molar-refractivity contribution in [2.45, 2.75) is 70.6 Å². The van der Waals surface area contributed by atoms with Crippen LogP contribution in [0.2, 0.25) is 0 Å². The summed E-state index contributed by atoms with van der Waals surface area (Å²) in [5, 5.41) is 0. The first-order valence-electron chi connectivity index (χ1n) is 11.2. The molecule has 1 aliphatic rings. The van der Waals surface area contributed by atoms with Gasteiger partial charge in [-0.05, 0) is 55.2 Å². The summed E-state index contributed by atoms with van der Waals surface area (Å²) in [6.07, 6.45) is 5.35. The van der Waals surface area contributed by atoms with Crippen LogP contribution < -0.4 is 4.74 Å². The molecule has 0 saturated heterocycles.